The second-order valence-corrected chi connectivity index (χ2v) is 17.6. The van der Waals surface area contributed by atoms with Crippen molar-refractivity contribution in [3.05, 3.63) is 72.5 Å². The van der Waals surface area contributed by atoms with E-state index in [0.717, 1.165) is 82.1 Å². The first-order chi connectivity index (χ1) is 31.0. The molecule has 17 nitrogen and oxygen atoms in total. The predicted octanol–water partition coefficient (Wildman–Crippen LogP) is 5.38. The molecular formula is C44H56F3N13O4. The van der Waals surface area contributed by atoms with Gasteiger partial charge in [-0.05, 0) is 106 Å². The number of rotatable bonds is 15. The van der Waals surface area contributed by atoms with Crippen LogP contribution in [0.4, 0.5) is 24.7 Å². The van der Waals surface area contributed by atoms with Crippen LogP contribution in [0.15, 0.2) is 55.4 Å². The van der Waals surface area contributed by atoms with Crippen LogP contribution in [0.1, 0.15) is 99.3 Å². The van der Waals surface area contributed by atoms with E-state index in [1.165, 1.54) is 29.0 Å². The van der Waals surface area contributed by atoms with E-state index in [9.17, 15) is 28.9 Å². The quantitative estimate of drug-likeness (QED) is 0.0886. The number of piperidine rings is 2. The van der Waals surface area contributed by atoms with Crippen LogP contribution in [0.25, 0.3) is 27.7 Å². The Morgan fingerprint density at radius 2 is 1.75 bits per heavy atom. The van der Waals surface area contributed by atoms with Crippen molar-refractivity contribution < 1.29 is 33.3 Å². The van der Waals surface area contributed by atoms with Gasteiger partial charge in [-0.25, -0.2) is 22.7 Å². The molecule has 5 aromatic heterocycles. The Labute approximate surface area is 367 Å². The van der Waals surface area contributed by atoms with E-state index in [-0.39, 0.29) is 29.5 Å². The monoisotopic (exact) mass is 887 g/mol. The molecule has 3 fully saturated rings. The zero-order valence-electron chi connectivity index (χ0n) is 35.9. The summed E-state index contributed by atoms with van der Waals surface area (Å²) in [6, 6.07) is 4.19. The van der Waals surface area contributed by atoms with Crippen LogP contribution in [0.5, 0.6) is 0 Å². The Morgan fingerprint density at radius 1 is 0.953 bits per heavy atom. The highest BCUT2D eigenvalue weighted by molar-refractivity contribution is 6.08. The van der Waals surface area contributed by atoms with Gasteiger partial charge in [-0.2, -0.15) is 20.4 Å². The Bertz CT molecular complexity index is 2540. The lowest BCUT2D eigenvalue weighted by Gasteiger charge is -2.36. The summed E-state index contributed by atoms with van der Waals surface area (Å²) in [5, 5.41) is 53.8. The standard InChI is InChI=1S/C44H56F3N13O4/c1-2-12-56(16-17-61)38-11-15-58-42(52-38)34(22-49-58)43(63)51-35-26-59(54-40(35)41(46)47)31-5-3-27(4-6-31)23-55-13-9-28(10-14-55)24-57-25-29(20-48-57)32-18-30(45)19-37-33(32)21-50-60(37)36-7-8-39(62)53-44(36)64/h11,15,18-22,25-28,31,36,39,41,44,53,61-62,64H,2-10,12-14,16-17,23-24H2,1H3,(H,51,63)/t27?,31?,36-,39-,44-/m1/s1. The lowest BCUT2D eigenvalue weighted by molar-refractivity contribution is -0.0296. The topological polar surface area (TPSA) is 192 Å². The van der Waals surface area contributed by atoms with Crippen LogP contribution >= 0.6 is 0 Å². The first kappa shape index (κ1) is 43.8. The number of aliphatic hydroxyl groups excluding tert-OH is 3. The zero-order chi connectivity index (χ0) is 44.5. The van der Waals surface area contributed by atoms with Gasteiger partial charge in [0.25, 0.3) is 12.3 Å². The van der Waals surface area contributed by atoms with Crippen LogP contribution in [-0.2, 0) is 6.54 Å². The number of amides is 1. The summed E-state index contributed by atoms with van der Waals surface area (Å²) in [7, 11) is 0. The zero-order valence-corrected chi connectivity index (χ0v) is 35.9. The number of fused-ring (bicyclic) bond motifs is 2. The van der Waals surface area contributed by atoms with Gasteiger partial charge in [0, 0.05) is 55.7 Å². The number of carbonyl (C=O) groups is 1. The number of anilines is 2. The van der Waals surface area contributed by atoms with Crippen LogP contribution in [0, 0.1) is 17.7 Å². The Balaban J connectivity index is 0.767. The van der Waals surface area contributed by atoms with Crippen LogP contribution in [0.2, 0.25) is 0 Å². The van der Waals surface area contributed by atoms with E-state index in [2.05, 4.69) is 40.9 Å². The van der Waals surface area contributed by atoms with Gasteiger partial charge in [0.15, 0.2) is 11.3 Å². The number of alkyl halides is 2. The van der Waals surface area contributed by atoms with E-state index < -0.39 is 42.3 Å². The molecule has 1 amide bonds. The molecule has 1 aromatic carbocycles. The maximum atomic E-state index is 15.0. The SMILES string of the molecule is CCCN(CCO)c1ccn2ncc(C(=O)Nc3cn(C4CCC(CN5CCC(Cn6cc(-c7cc(F)cc8c7cnn8[C@@H]7CC[C@@H](O)N[C@@H]7O)cn6)CC5)CC4)nc3C(F)F)c2n1. The number of benzene rings is 1. The molecule has 64 heavy (non-hydrogen) atoms. The molecule has 0 bridgehead atoms. The number of hydrogen-bond acceptors (Lipinski definition) is 12. The fourth-order valence-corrected chi connectivity index (χ4v) is 9.89. The summed E-state index contributed by atoms with van der Waals surface area (Å²) >= 11 is 0. The summed E-state index contributed by atoms with van der Waals surface area (Å²) in [4.78, 5) is 22.6. The number of halogens is 3. The molecule has 9 rings (SSSR count). The minimum Gasteiger partial charge on any atom is -0.395 e. The van der Waals surface area contributed by atoms with Crippen molar-refractivity contribution in [2.75, 3.05) is 49.5 Å². The average Bonchev–Trinajstić information content (AvgIpc) is 4.11. The fraction of sp³-hybridized carbons (Fsp3) is 0.545. The van der Waals surface area contributed by atoms with Gasteiger partial charge >= 0.3 is 0 Å². The number of nitrogens with one attached hydrogen (secondary N) is 2. The van der Waals surface area contributed by atoms with Crippen LogP contribution < -0.4 is 15.5 Å². The number of nitrogens with zero attached hydrogens (tertiary/aromatic N) is 11. The molecule has 1 aliphatic carbocycles. The number of aliphatic hydroxyl groups is 3. The van der Waals surface area contributed by atoms with E-state index in [1.807, 2.05) is 22.7 Å². The largest absolute Gasteiger partial charge is 0.395 e. The summed E-state index contributed by atoms with van der Waals surface area (Å²) in [6.07, 6.45) is 12.6. The lowest BCUT2D eigenvalue weighted by atomic mass is 9.85. The second-order valence-electron chi connectivity index (χ2n) is 17.6. The van der Waals surface area contributed by atoms with Crippen LogP contribution in [-0.4, -0.2) is 122 Å². The van der Waals surface area contributed by atoms with Crippen molar-refractivity contribution in [3.8, 4) is 11.1 Å². The second kappa shape index (κ2) is 19.0. The van der Waals surface area contributed by atoms with Crippen LogP contribution in [0.3, 0.4) is 0 Å². The summed E-state index contributed by atoms with van der Waals surface area (Å²) in [6.45, 7) is 6.70. The molecule has 3 atom stereocenters. The lowest BCUT2D eigenvalue weighted by Crippen LogP contribution is -2.48. The maximum Gasteiger partial charge on any atom is 0.284 e. The highest BCUT2D eigenvalue weighted by Crippen LogP contribution is 2.37. The van der Waals surface area contributed by atoms with E-state index in [4.69, 9.17) is 0 Å². The van der Waals surface area contributed by atoms with Gasteiger partial charge in [-0.15, -0.1) is 0 Å². The fourth-order valence-electron chi connectivity index (χ4n) is 9.89. The van der Waals surface area contributed by atoms with Gasteiger partial charge < -0.3 is 30.4 Å². The predicted molar refractivity (Wildman–Crippen MR) is 232 cm³/mol. The minimum absolute atomic E-state index is 0.0323. The Morgan fingerprint density at radius 3 is 2.50 bits per heavy atom. The molecule has 6 aromatic rings. The van der Waals surface area contributed by atoms with E-state index in [1.54, 1.807) is 34.0 Å². The van der Waals surface area contributed by atoms with Gasteiger partial charge in [0.1, 0.15) is 29.7 Å². The number of carbonyl (C=O) groups excluding carboxylic acids is 1. The molecule has 7 heterocycles. The average molecular weight is 888 g/mol. The highest BCUT2D eigenvalue weighted by Gasteiger charge is 2.32. The van der Waals surface area contributed by atoms with Crippen molar-refractivity contribution >= 4 is 34.0 Å². The molecule has 0 unspecified atom stereocenters. The van der Waals surface area contributed by atoms with Gasteiger partial charge in [-0.3, -0.25) is 24.2 Å². The molecule has 0 radical (unpaired) electrons. The minimum atomic E-state index is -2.88. The van der Waals surface area contributed by atoms with Gasteiger partial charge in [0.2, 0.25) is 0 Å². The number of hydrogen-bond donors (Lipinski definition) is 5. The Kier molecular flexibility index (Phi) is 13.0. The normalized spacial score (nSPS) is 22.5. The smallest absolute Gasteiger partial charge is 0.284 e. The van der Waals surface area contributed by atoms with Gasteiger partial charge in [0.05, 0.1) is 48.5 Å². The molecule has 342 valence electrons. The van der Waals surface area contributed by atoms with Crippen molar-refractivity contribution in [2.45, 2.75) is 102 Å². The molecule has 5 N–H and O–H groups in total. The first-order valence-corrected chi connectivity index (χ1v) is 22.5. The highest BCUT2D eigenvalue weighted by atomic mass is 19.3. The molecule has 0 spiro atoms. The van der Waals surface area contributed by atoms with Crippen molar-refractivity contribution in [2.24, 2.45) is 11.8 Å². The Hall–Kier alpha value is -5.41. The number of aromatic nitrogens is 9. The third kappa shape index (κ3) is 9.24. The summed E-state index contributed by atoms with van der Waals surface area (Å²) in [5.74, 6) is 0.494. The third-order valence-electron chi connectivity index (χ3n) is 13.3. The van der Waals surface area contributed by atoms with Crippen molar-refractivity contribution in [1.29, 1.82) is 0 Å². The number of likely N-dealkylation sites (tertiary alicyclic amines) is 1. The molecule has 1 saturated carbocycles. The van der Waals surface area contributed by atoms with Crippen molar-refractivity contribution in [1.82, 2.24) is 54.2 Å². The van der Waals surface area contributed by atoms with Crippen molar-refractivity contribution in [3.63, 3.8) is 0 Å². The molecule has 20 heteroatoms. The third-order valence-corrected chi connectivity index (χ3v) is 13.3. The van der Waals surface area contributed by atoms with E-state index in [0.29, 0.717) is 54.7 Å². The molecular weight excluding hydrogens is 832 g/mol. The first-order valence-electron chi connectivity index (χ1n) is 22.5. The van der Waals surface area contributed by atoms with E-state index >= 15 is 4.39 Å². The molecule has 2 aliphatic heterocycles. The molecule has 2 saturated heterocycles. The molecule has 3 aliphatic rings. The van der Waals surface area contributed by atoms with Gasteiger partial charge in [-0.1, -0.05) is 6.92 Å². The summed E-state index contributed by atoms with van der Waals surface area (Å²) in [5.41, 5.74) is 1.97. The summed E-state index contributed by atoms with van der Waals surface area (Å²) < 4.78 is 50.3. The maximum absolute atomic E-state index is 15.0.